The van der Waals surface area contributed by atoms with Crippen molar-refractivity contribution in [3.8, 4) is 12.3 Å². The molecule has 2 heteroatoms. The van der Waals surface area contributed by atoms with Crippen molar-refractivity contribution in [1.82, 2.24) is 0 Å². The largest absolute Gasteiger partial charge is 0.411 e. The van der Waals surface area contributed by atoms with E-state index in [-0.39, 0.29) is 11.5 Å². The summed E-state index contributed by atoms with van der Waals surface area (Å²) >= 11 is 0. The molecule has 0 rings (SSSR count). The molecule has 0 aromatic rings. The lowest BCUT2D eigenvalue weighted by Gasteiger charge is -2.35. The summed E-state index contributed by atoms with van der Waals surface area (Å²) < 4.78 is 6.03. The second-order valence-corrected chi connectivity index (χ2v) is 9.72. The molecular weight excluding hydrogens is 188 g/mol. The molecular formula is C12H22OSi. The summed E-state index contributed by atoms with van der Waals surface area (Å²) in [6.07, 6.45) is 7.99. The highest BCUT2D eigenvalue weighted by atomic mass is 28.4. The normalized spacial score (nSPS) is 14.6. The van der Waals surface area contributed by atoms with Crippen molar-refractivity contribution in [2.75, 3.05) is 0 Å². The summed E-state index contributed by atoms with van der Waals surface area (Å²) in [5.41, 5.74) is -0.0171. The first kappa shape index (κ1) is 13.5. The maximum absolute atomic E-state index is 6.03. The van der Waals surface area contributed by atoms with E-state index >= 15 is 0 Å². The second kappa shape index (κ2) is 4.81. The Labute approximate surface area is 89.7 Å². The summed E-state index contributed by atoms with van der Waals surface area (Å²) in [4.78, 5) is 0. The molecule has 0 aromatic heterocycles. The molecule has 0 heterocycles. The molecule has 1 atom stereocenters. The molecule has 0 aliphatic heterocycles. The molecule has 0 N–H and O–H groups in total. The average molecular weight is 210 g/mol. The van der Waals surface area contributed by atoms with Crippen molar-refractivity contribution in [3.05, 3.63) is 12.7 Å². The third kappa shape index (κ3) is 4.64. The van der Waals surface area contributed by atoms with Crippen LogP contribution in [0.4, 0.5) is 0 Å². The van der Waals surface area contributed by atoms with Crippen LogP contribution in [0.2, 0.25) is 19.6 Å². The first-order valence-electron chi connectivity index (χ1n) is 4.97. The lowest BCUT2D eigenvalue weighted by molar-refractivity contribution is 0.111. The standard InChI is InChI=1S/C12H22OSi/c1-8-10-12(3,4)11(9-2)13-14(5,6)7/h1,9,11H,2,10H2,3-7H3. The van der Waals surface area contributed by atoms with Gasteiger partial charge < -0.3 is 4.43 Å². The van der Waals surface area contributed by atoms with Gasteiger partial charge in [-0.05, 0) is 19.6 Å². The van der Waals surface area contributed by atoms with Gasteiger partial charge in [-0.3, -0.25) is 0 Å². The van der Waals surface area contributed by atoms with E-state index in [0.717, 1.165) is 0 Å². The molecule has 0 aromatic carbocycles. The number of rotatable bonds is 5. The summed E-state index contributed by atoms with van der Waals surface area (Å²) in [7, 11) is -1.52. The second-order valence-electron chi connectivity index (χ2n) is 5.26. The Bertz CT molecular complexity index is 230. The lowest BCUT2D eigenvalue weighted by atomic mass is 9.83. The van der Waals surface area contributed by atoms with Crippen LogP contribution >= 0.6 is 0 Å². The quantitative estimate of drug-likeness (QED) is 0.384. The van der Waals surface area contributed by atoms with Crippen LogP contribution in [0.15, 0.2) is 12.7 Å². The summed E-state index contributed by atoms with van der Waals surface area (Å²) in [5.74, 6) is 2.70. The maximum Gasteiger partial charge on any atom is 0.184 e. The van der Waals surface area contributed by atoms with Gasteiger partial charge in [-0.1, -0.05) is 19.9 Å². The van der Waals surface area contributed by atoms with Crippen LogP contribution in [-0.4, -0.2) is 14.4 Å². The van der Waals surface area contributed by atoms with Gasteiger partial charge in [0.1, 0.15) is 0 Å². The zero-order valence-electron chi connectivity index (χ0n) is 10.1. The molecule has 80 valence electrons. The summed E-state index contributed by atoms with van der Waals surface area (Å²) in [6, 6.07) is 0. The fourth-order valence-corrected chi connectivity index (χ4v) is 2.45. The van der Waals surface area contributed by atoms with Gasteiger partial charge in [0.15, 0.2) is 8.32 Å². The van der Waals surface area contributed by atoms with E-state index in [4.69, 9.17) is 10.8 Å². The first-order chi connectivity index (χ1) is 6.23. The van der Waals surface area contributed by atoms with Gasteiger partial charge in [0.25, 0.3) is 0 Å². The zero-order valence-corrected chi connectivity index (χ0v) is 11.1. The van der Waals surface area contributed by atoms with Gasteiger partial charge >= 0.3 is 0 Å². The van der Waals surface area contributed by atoms with Gasteiger partial charge in [-0.15, -0.1) is 18.9 Å². The van der Waals surface area contributed by atoms with E-state index in [1.54, 1.807) is 0 Å². The molecule has 0 amide bonds. The fraction of sp³-hybridized carbons (Fsp3) is 0.667. The smallest absolute Gasteiger partial charge is 0.184 e. The highest BCUT2D eigenvalue weighted by Crippen LogP contribution is 2.30. The first-order valence-corrected chi connectivity index (χ1v) is 8.37. The molecule has 0 radical (unpaired) electrons. The van der Waals surface area contributed by atoms with Crippen LogP contribution in [0.3, 0.4) is 0 Å². The van der Waals surface area contributed by atoms with E-state index in [1.165, 1.54) is 0 Å². The Morgan fingerprint density at radius 1 is 1.50 bits per heavy atom. The fourth-order valence-electron chi connectivity index (χ4n) is 1.27. The Balaban J connectivity index is 4.57. The predicted octanol–water partition coefficient (Wildman–Crippen LogP) is 3.44. The van der Waals surface area contributed by atoms with Gasteiger partial charge in [0.2, 0.25) is 0 Å². The van der Waals surface area contributed by atoms with Crippen molar-refractivity contribution in [1.29, 1.82) is 0 Å². The van der Waals surface area contributed by atoms with Crippen LogP contribution in [0.25, 0.3) is 0 Å². The van der Waals surface area contributed by atoms with Crippen molar-refractivity contribution < 1.29 is 4.43 Å². The number of hydrogen-bond donors (Lipinski definition) is 0. The molecule has 0 saturated carbocycles. The lowest BCUT2D eigenvalue weighted by Crippen LogP contribution is -2.39. The monoisotopic (exact) mass is 210 g/mol. The Hall–Kier alpha value is -0.523. The Morgan fingerprint density at radius 3 is 2.29 bits per heavy atom. The topological polar surface area (TPSA) is 9.23 Å². The minimum absolute atomic E-state index is 0.0171. The maximum atomic E-state index is 6.03. The van der Waals surface area contributed by atoms with Crippen molar-refractivity contribution >= 4 is 8.32 Å². The third-order valence-electron chi connectivity index (χ3n) is 2.02. The van der Waals surface area contributed by atoms with Crippen LogP contribution < -0.4 is 0 Å². The van der Waals surface area contributed by atoms with Crippen LogP contribution in [-0.2, 0) is 4.43 Å². The molecule has 0 aliphatic rings. The van der Waals surface area contributed by atoms with Crippen LogP contribution in [0.1, 0.15) is 20.3 Å². The van der Waals surface area contributed by atoms with E-state index < -0.39 is 8.32 Å². The van der Waals surface area contributed by atoms with Crippen molar-refractivity contribution in [3.63, 3.8) is 0 Å². The third-order valence-corrected chi connectivity index (χ3v) is 2.98. The molecule has 1 unspecified atom stereocenters. The predicted molar refractivity (Wildman–Crippen MR) is 65.6 cm³/mol. The SMILES string of the molecule is C#CCC(C)(C)C(C=C)O[Si](C)(C)C. The minimum atomic E-state index is -1.52. The summed E-state index contributed by atoms with van der Waals surface area (Å²) in [5, 5.41) is 0. The van der Waals surface area contributed by atoms with E-state index in [1.807, 2.05) is 6.08 Å². The number of hydrogen-bond acceptors (Lipinski definition) is 1. The zero-order chi connectivity index (χ0) is 11.4. The molecule has 0 fully saturated rings. The molecule has 0 aliphatic carbocycles. The number of terminal acetylenes is 1. The molecule has 0 bridgehead atoms. The van der Waals surface area contributed by atoms with Gasteiger partial charge in [0.05, 0.1) is 6.10 Å². The average Bonchev–Trinajstić information content (AvgIpc) is 1.98. The van der Waals surface area contributed by atoms with Crippen molar-refractivity contribution in [2.45, 2.75) is 46.0 Å². The Kier molecular flexibility index (Phi) is 4.63. The molecule has 14 heavy (non-hydrogen) atoms. The highest BCUT2D eigenvalue weighted by molar-refractivity contribution is 6.69. The van der Waals surface area contributed by atoms with Crippen LogP contribution in [0, 0.1) is 17.8 Å². The van der Waals surface area contributed by atoms with E-state index in [2.05, 4.69) is 46.0 Å². The molecule has 0 saturated heterocycles. The van der Waals surface area contributed by atoms with Crippen molar-refractivity contribution in [2.24, 2.45) is 5.41 Å². The molecule has 1 nitrogen and oxygen atoms in total. The van der Waals surface area contributed by atoms with Crippen LogP contribution in [0.5, 0.6) is 0 Å². The van der Waals surface area contributed by atoms with E-state index in [9.17, 15) is 0 Å². The van der Waals surface area contributed by atoms with Gasteiger partial charge in [0, 0.05) is 11.8 Å². The molecule has 0 spiro atoms. The summed E-state index contributed by atoms with van der Waals surface area (Å²) in [6.45, 7) is 14.6. The van der Waals surface area contributed by atoms with E-state index in [0.29, 0.717) is 6.42 Å². The van der Waals surface area contributed by atoms with Gasteiger partial charge in [-0.25, -0.2) is 0 Å². The van der Waals surface area contributed by atoms with Gasteiger partial charge in [-0.2, -0.15) is 0 Å². The Morgan fingerprint density at radius 2 is 2.00 bits per heavy atom. The minimum Gasteiger partial charge on any atom is -0.411 e. The highest BCUT2D eigenvalue weighted by Gasteiger charge is 2.31.